The molecule has 0 aliphatic carbocycles. The van der Waals surface area contributed by atoms with E-state index in [0.29, 0.717) is 5.28 Å². The maximum absolute atomic E-state index is 11.6. The summed E-state index contributed by atoms with van der Waals surface area (Å²) in [6.45, 7) is 4.04. The number of hydrogen-bond donors (Lipinski definition) is 0. The van der Waals surface area contributed by atoms with Crippen LogP contribution in [0.1, 0.15) is 25.7 Å². The highest BCUT2D eigenvalue weighted by Crippen LogP contribution is 2.35. The van der Waals surface area contributed by atoms with Crippen LogP contribution in [-0.2, 0) is 9.84 Å². The van der Waals surface area contributed by atoms with Crippen LogP contribution in [0, 0.1) is 11.8 Å². The number of anilines is 2. The smallest absolute Gasteiger partial charge is 0.236 e. The molecule has 2 saturated heterocycles. The molecule has 0 bridgehead atoms. The third-order valence-electron chi connectivity index (χ3n) is 5.87. The number of nitrogens with zero attached hydrogens (tertiary/aromatic N) is 5. The molecule has 2 fully saturated rings. The molecule has 0 atom stereocenters. The van der Waals surface area contributed by atoms with Gasteiger partial charge < -0.3 is 9.80 Å². The fraction of sp³-hybridized carbons (Fsp3) is 0.611. The molecule has 0 radical (unpaired) electrons. The first kappa shape index (κ1) is 19.8. The molecule has 2 aliphatic heterocycles. The molecular weight excluding hydrogens is 418 g/mol. The predicted octanol–water partition coefficient (Wildman–Crippen LogP) is 3.12. The van der Waals surface area contributed by atoms with Crippen molar-refractivity contribution >= 4 is 43.8 Å². The second kappa shape index (κ2) is 8.12. The molecule has 4 rings (SSSR count). The summed E-state index contributed by atoms with van der Waals surface area (Å²) in [5.74, 6) is 1.51. The Morgan fingerprint density at radius 1 is 1.04 bits per heavy atom. The van der Waals surface area contributed by atoms with Crippen LogP contribution in [0.4, 0.5) is 10.8 Å². The van der Waals surface area contributed by atoms with Gasteiger partial charge in [-0.05, 0) is 61.3 Å². The molecule has 0 N–H and O–H groups in total. The van der Waals surface area contributed by atoms with Crippen molar-refractivity contribution < 1.29 is 8.42 Å². The van der Waals surface area contributed by atoms with Gasteiger partial charge in [-0.25, -0.2) is 13.4 Å². The first-order chi connectivity index (χ1) is 13.4. The summed E-state index contributed by atoms with van der Waals surface area (Å²) in [6, 6.07) is 3.47. The van der Waals surface area contributed by atoms with E-state index in [1.54, 1.807) is 12.3 Å². The second-order valence-corrected chi connectivity index (χ2v) is 10.7. The highest BCUT2D eigenvalue weighted by atomic mass is 35.5. The summed E-state index contributed by atoms with van der Waals surface area (Å²) in [5, 5.41) is 1.41. The lowest BCUT2D eigenvalue weighted by Gasteiger charge is -2.40. The molecule has 7 nitrogen and oxygen atoms in total. The number of rotatable bonds is 4. The van der Waals surface area contributed by atoms with Gasteiger partial charge in [0.2, 0.25) is 10.4 Å². The highest BCUT2D eigenvalue weighted by molar-refractivity contribution is 7.90. The third-order valence-corrected chi connectivity index (χ3v) is 7.92. The minimum absolute atomic E-state index is 0.134. The summed E-state index contributed by atoms with van der Waals surface area (Å²) in [6.07, 6.45) is 7.58. The van der Waals surface area contributed by atoms with E-state index >= 15 is 0 Å². The van der Waals surface area contributed by atoms with Crippen molar-refractivity contribution in [1.82, 2.24) is 14.3 Å². The number of piperidine rings is 2. The molecule has 0 amide bonds. The molecule has 0 saturated carbocycles. The summed E-state index contributed by atoms with van der Waals surface area (Å²) < 4.78 is 27.2. The standard InChI is InChI=1S/C18H24ClN5O2S2/c1-28(25,26)16-3-2-15(12-20-16)23-8-4-13(5-9-23)14-6-10-24(11-7-14)18-21-17(19)22-27-18/h2-3,12-14H,4-11H2,1H3. The largest absolute Gasteiger partial charge is 0.370 e. The lowest BCUT2D eigenvalue weighted by molar-refractivity contribution is 0.233. The van der Waals surface area contributed by atoms with E-state index in [0.717, 1.165) is 48.8 Å². The van der Waals surface area contributed by atoms with Crippen LogP contribution in [0.3, 0.4) is 0 Å². The fourth-order valence-electron chi connectivity index (χ4n) is 4.30. The van der Waals surface area contributed by atoms with E-state index in [1.165, 1.54) is 43.5 Å². The van der Waals surface area contributed by atoms with Crippen molar-refractivity contribution in [2.24, 2.45) is 11.8 Å². The minimum Gasteiger partial charge on any atom is -0.370 e. The summed E-state index contributed by atoms with van der Waals surface area (Å²) in [4.78, 5) is 13.0. The van der Waals surface area contributed by atoms with Gasteiger partial charge in [-0.15, -0.1) is 0 Å². The first-order valence-electron chi connectivity index (χ1n) is 9.55. The van der Waals surface area contributed by atoms with Gasteiger partial charge in [0.25, 0.3) is 0 Å². The molecule has 28 heavy (non-hydrogen) atoms. The van der Waals surface area contributed by atoms with Gasteiger partial charge in [-0.1, -0.05) is 0 Å². The maximum atomic E-state index is 11.6. The predicted molar refractivity (Wildman–Crippen MR) is 112 cm³/mol. The summed E-state index contributed by atoms with van der Waals surface area (Å²) in [7, 11) is -3.25. The maximum Gasteiger partial charge on any atom is 0.236 e. The topological polar surface area (TPSA) is 79.3 Å². The third kappa shape index (κ3) is 4.41. The Bertz CT molecular complexity index is 902. The molecule has 0 aromatic carbocycles. The number of hydrogen-bond acceptors (Lipinski definition) is 8. The van der Waals surface area contributed by atoms with Crippen molar-refractivity contribution in [3.63, 3.8) is 0 Å². The SMILES string of the molecule is CS(=O)(=O)c1ccc(N2CCC(C3CCN(c4nc(Cl)ns4)CC3)CC2)cn1. The zero-order valence-electron chi connectivity index (χ0n) is 15.8. The lowest BCUT2D eigenvalue weighted by Crippen LogP contribution is -2.41. The summed E-state index contributed by atoms with van der Waals surface area (Å²) in [5.41, 5.74) is 1.01. The van der Waals surface area contributed by atoms with Gasteiger partial charge in [0, 0.05) is 44.0 Å². The van der Waals surface area contributed by atoms with Crippen LogP contribution < -0.4 is 9.80 Å². The van der Waals surface area contributed by atoms with Crippen molar-refractivity contribution in [3.05, 3.63) is 23.6 Å². The molecular formula is C18H24ClN5O2S2. The van der Waals surface area contributed by atoms with Crippen molar-refractivity contribution in [3.8, 4) is 0 Å². The van der Waals surface area contributed by atoms with Crippen molar-refractivity contribution in [2.75, 3.05) is 42.2 Å². The lowest BCUT2D eigenvalue weighted by atomic mass is 9.79. The van der Waals surface area contributed by atoms with Gasteiger partial charge >= 0.3 is 0 Å². The summed E-state index contributed by atoms with van der Waals surface area (Å²) >= 11 is 7.22. The van der Waals surface area contributed by atoms with Crippen LogP contribution >= 0.6 is 23.1 Å². The van der Waals surface area contributed by atoms with Gasteiger partial charge in [0.1, 0.15) is 0 Å². The van der Waals surface area contributed by atoms with E-state index < -0.39 is 9.84 Å². The second-order valence-electron chi connectivity index (χ2n) is 7.62. The highest BCUT2D eigenvalue weighted by Gasteiger charge is 2.30. The Kier molecular flexibility index (Phi) is 5.76. The van der Waals surface area contributed by atoms with Crippen LogP contribution in [0.5, 0.6) is 0 Å². The molecule has 0 unspecified atom stereocenters. The number of aromatic nitrogens is 3. The molecule has 0 spiro atoms. The Hall–Kier alpha value is -1.45. The number of pyridine rings is 1. The molecule has 4 heterocycles. The minimum atomic E-state index is -3.25. The molecule has 2 aromatic rings. The molecule has 2 aliphatic rings. The van der Waals surface area contributed by atoms with Crippen molar-refractivity contribution in [2.45, 2.75) is 30.7 Å². The van der Waals surface area contributed by atoms with Crippen LogP contribution in [0.2, 0.25) is 5.28 Å². The zero-order chi connectivity index (χ0) is 19.7. The molecule has 10 heteroatoms. The Labute approximate surface area is 174 Å². The van der Waals surface area contributed by atoms with Gasteiger partial charge in [-0.3, -0.25) is 0 Å². The van der Waals surface area contributed by atoms with E-state index in [1.807, 2.05) is 6.07 Å². The average molecular weight is 442 g/mol. The van der Waals surface area contributed by atoms with Crippen LogP contribution in [0.25, 0.3) is 0 Å². The number of sulfone groups is 1. The van der Waals surface area contributed by atoms with E-state index in [2.05, 4.69) is 24.1 Å². The molecule has 2 aromatic heterocycles. The monoisotopic (exact) mass is 441 g/mol. The number of halogens is 1. The average Bonchev–Trinajstić information content (AvgIpc) is 3.14. The van der Waals surface area contributed by atoms with Crippen LogP contribution in [-0.4, -0.2) is 55.2 Å². The van der Waals surface area contributed by atoms with Gasteiger partial charge in [0.15, 0.2) is 14.9 Å². The first-order valence-corrected chi connectivity index (χ1v) is 12.6. The Morgan fingerprint density at radius 2 is 1.64 bits per heavy atom. The van der Waals surface area contributed by atoms with E-state index in [-0.39, 0.29) is 5.03 Å². The Morgan fingerprint density at radius 3 is 2.11 bits per heavy atom. The van der Waals surface area contributed by atoms with E-state index in [4.69, 9.17) is 11.6 Å². The van der Waals surface area contributed by atoms with Gasteiger partial charge in [0.05, 0.1) is 11.9 Å². The van der Waals surface area contributed by atoms with Crippen molar-refractivity contribution in [1.29, 1.82) is 0 Å². The van der Waals surface area contributed by atoms with E-state index in [9.17, 15) is 8.42 Å². The fourth-order valence-corrected chi connectivity index (χ4v) is 5.71. The van der Waals surface area contributed by atoms with Crippen LogP contribution in [0.15, 0.2) is 23.4 Å². The van der Waals surface area contributed by atoms with Gasteiger partial charge in [-0.2, -0.15) is 9.36 Å². The molecule has 152 valence electrons. The Balaban J connectivity index is 1.29. The normalized spacial score (nSPS) is 19.9. The quantitative estimate of drug-likeness (QED) is 0.721. The zero-order valence-corrected chi connectivity index (χ0v) is 18.2.